The zero-order valence-corrected chi connectivity index (χ0v) is 12.8. The van der Waals surface area contributed by atoms with Gasteiger partial charge in [0.05, 0.1) is 13.2 Å². The van der Waals surface area contributed by atoms with Crippen molar-refractivity contribution in [3.05, 3.63) is 0 Å². The minimum atomic E-state index is 0.117. The molecule has 1 unspecified atom stereocenters. The van der Waals surface area contributed by atoms with Crippen molar-refractivity contribution in [2.24, 2.45) is 11.7 Å². The Bertz CT molecular complexity index is 223. The molecule has 0 heterocycles. The number of nitrogens with zero attached hydrogens (tertiary/aromatic N) is 1. The van der Waals surface area contributed by atoms with Gasteiger partial charge in [0, 0.05) is 19.5 Å². The number of amides is 1. The summed E-state index contributed by atoms with van der Waals surface area (Å²) in [5.41, 5.74) is 5.54. The number of nitrogens with two attached hydrogens (primary N) is 1. The van der Waals surface area contributed by atoms with Crippen LogP contribution >= 0.6 is 0 Å². The van der Waals surface area contributed by atoms with Gasteiger partial charge in [-0.05, 0) is 39.4 Å². The lowest BCUT2D eigenvalue weighted by atomic mass is 9.96. The summed E-state index contributed by atoms with van der Waals surface area (Å²) >= 11 is 0. The van der Waals surface area contributed by atoms with E-state index >= 15 is 0 Å². The molecule has 1 atom stereocenters. The van der Waals surface area contributed by atoms with E-state index < -0.39 is 0 Å². The molecule has 0 aliphatic heterocycles. The molecule has 0 saturated heterocycles. The Morgan fingerprint density at radius 2 is 2.05 bits per heavy atom. The van der Waals surface area contributed by atoms with Crippen LogP contribution in [-0.2, 0) is 9.53 Å². The SMILES string of the molecule is CCC(CCN)CCC(=O)NCCOCCN(C)C. The fourth-order valence-corrected chi connectivity index (χ4v) is 1.82. The molecule has 0 aromatic rings. The fourth-order valence-electron chi connectivity index (χ4n) is 1.82. The largest absolute Gasteiger partial charge is 0.378 e. The van der Waals surface area contributed by atoms with Crippen LogP contribution in [0.4, 0.5) is 0 Å². The number of nitrogens with one attached hydrogen (secondary N) is 1. The maximum atomic E-state index is 11.6. The van der Waals surface area contributed by atoms with Crippen molar-refractivity contribution in [2.45, 2.75) is 32.6 Å². The van der Waals surface area contributed by atoms with E-state index in [0.29, 0.717) is 38.6 Å². The zero-order chi connectivity index (χ0) is 14.5. The Balaban J connectivity index is 3.43. The zero-order valence-electron chi connectivity index (χ0n) is 12.8. The van der Waals surface area contributed by atoms with Gasteiger partial charge in [-0.1, -0.05) is 13.3 Å². The third-order valence-electron chi connectivity index (χ3n) is 3.18. The van der Waals surface area contributed by atoms with Crippen molar-refractivity contribution in [1.82, 2.24) is 10.2 Å². The van der Waals surface area contributed by atoms with Crippen molar-refractivity contribution in [3.8, 4) is 0 Å². The first-order valence-corrected chi connectivity index (χ1v) is 7.29. The normalized spacial score (nSPS) is 12.7. The average Bonchev–Trinajstić information content (AvgIpc) is 2.38. The van der Waals surface area contributed by atoms with Crippen molar-refractivity contribution >= 4 is 5.91 Å². The molecule has 3 N–H and O–H groups in total. The summed E-state index contributed by atoms with van der Waals surface area (Å²) in [6.45, 7) is 5.65. The molecule has 0 radical (unpaired) electrons. The highest BCUT2D eigenvalue weighted by molar-refractivity contribution is 5.75. The van der Waals surface area contributed by atoms with Crippen molar-refractivity contribution in [1.29, 1.82) is 0 Å². The van der Waals surface area contributed by atoms with Crippen molar-refractivity contribution in [3.63, 3.8) is 0 Å². The van der Waals surface area contributed by atoms with Crippen LogP contribution in [0.3, 0.4) is 0 Å². The van der Waals surface area contributed by atoms with Crippen LogP contribution < -0.4 is 11.1 Å². The van der Waals surface area contributed by atoms with E-state index in [1.165, 1.54) is 0 Å². The lowest BCUT2D eigenvalue weighted by Crippen LogP contribution is -2.28. The Hall–Kier alpha value is -0.650. The molecule has 0 aromatic heterocycles. The van der Waals surface area contributed by atoms with E-state index in [9.17, 15) is 4.79 Å². The summed E-state index contributed by atoms with van der Waals surface area (Å²) in [5.74, 6) is 0.693. The third-order valence-corrected chi connectivity index (χ3v) is 3.18. The lowest BCUT2D eigenvalue weighted by molar-refractivity contribution is -0.121. The maximum Gasteiger partial charge on any atom is 0.220 e. The van der Waals surface area contributed by atoms with Crippen molar-refractivity contribution in [2.75, 3.05) is 46.9 Å². The van der Waals surface area contributed by atoms with E-state index in [1.54, 1.807) is 0 Å². The second kappa shape index (κ2) is 12.4. The molecule has 0 spiro atoms. The van der Waals surface area contributed by atoms with Gasteiger partial charge in [-0.3, -0.25) is 4.79 Å². The monoisotopic (exact) mass is 273 g/mol. The van der Waals surface area contributed by atoms with E-state index in [0.717, 1.165) is 25.8 Å². The molecule has 5 nitrogen and oxygen atoms in total. The minimum absolute atomic E-state index is 0.117. The van der Waals surface area contributed by atoms with E-state index in [2.05, 4.69) is 17.1 Å². The summed E-state index contributed by atoms with van der Waals surface area (Å²) in [7, 11) is 4.02. The first-order valence-electron chi connectivity index (χ1n) is 7.29. The van der Waals surface area contributed by atoms with Gasteiger partial charge in [-0.15, -0.1) is 0 Å². The number of ether oxygens (including phenoxy) is 1. The highest BCUT2D eigenvalue weighted by Crippen LogP contribution is 2.13. The predicted octanol–water partition coefficient (Wildman–Crippen LogP) is 0.836. The molecular weight excluding hydrogens is 242 g/mol. The molecule has 0 saturated carbocycles. The van der Waals surface area contributed by atoms with Crippen LogP contribution in [-0.4, -0.2) is 57.8 Å². The van der Waals surface area contributed by atoms with Gasteiger partial charge in [-0.25, -0.2) is 0 Å². The molecule has 0 fully saturated rings. The van der Waals surface area contributed by atoms with Gasteiger partial charge >= 0.3 is 0 Å². The molecule has 0 bridgehead atoms. The van der Waals surface area contributed by atoms with Crippen LogP contribution in [0.5, 0.6) is 0 Å². The maximum absolute atomic E-state index is 11.6. The van der Waals surface area contributed by atoms with Crippen LogP contribution in [0, 0.1) is 5.92 Å². The summed E-state index contributed by atoms with van der Waals surface area (Å²) in [6, 6.07) is 0. The number of carbonyl (C=O) groups excluding carboxylic acids is 1. The van der Waals surface area contributed by atoms with E-state index in [-0.39, 0.29) is 5.91 Å². The predicted molar refractivity (Wildman–Crippen MR) is 79.1 cm³/mol. The lowest BCUT2D eigenvalue weighted by Gasteiger charge is -2.13. The second-order valence-electron chi connectivity index (χ2n) is 5.16. The van der Waals surface area contributed by atoms with E-state index in [4.69, 9.17) is 10.5 Å². The number of hydrogen-bond donors (Lipinski definition) is 2. The van der Waals surface area contributed by atoms with E-state index in [1.807, 2.05) is 14.1 Å². The summed E-state index contributed by atoms with van der Waals surface area (Å²) < 4.78 is 5.41. The minimum Gasteiger partial charge on any atom is -0.378 e. The quantitative estimate of drug-likeness (QED) is 0.517. The Morgan fingerprint density at radius 1 is 1.32 bits per heavy atom. The van der Waals surface area contributed by atoms with Gasteiger partial charge in [0.15, 0.2) is 0 Å². The topological polar surface area (TPSA) is 67.6 Å². The van der Waals surface area contributed by atoms with Gasteiger partial charge in [0.1, 0.15) is 0 Å². The Labute approximate surface area is 117 Å². The number of carbonyl (C=O) groups is 1. The van der Waals surface area contributed by atoms with Crippen LogP contribution in [0.1, 0.15) is 32.6 Å². The standard InChI is InChI=1S/C14H31N3O2/c1-4-13(7-8-15)5-6-14(18)16-9-11-19-12-10-17(2)3/h13H,4-12,15H2,1-3H3,(H,16,18). The molecule has 19 heavy (non-hydrogen) atoms. The second-order valence-corrected chi connectivity index (χ2v) is 5.16. The summed E-state index contributed by atoms with van der Waals surface area (Å²) in [4.78, 5) is 13.7. The molecular formula is C14H31N3O2. The molecule has 0 aliphatic carbocycles. The highest BCUT2D eigenvalue weighted by atomic mass is 16.5. The smallest absolute Gasteiger partial charge is 0.220 e. The van der Waals surface area contributed by atoms with Gasteiger partial charge in [0.25, 0.3) is 0 Å². The first kappa shape index (κ1) is 18.4. The molecule has 1 amide bonds. The number of hydrogen-bond acceptors (Lipinski definition) is 4. The Kier molecular flexibility index (Phi) is 12.0. The molecule has 0 aromatic carbocycles. The van der Waals surface area contributed by atoms with Crippen LogP contribution in [0.25, 0.3) is 0 Å². The summed E-state index contributed by atoms with van der Waals surface area (Å²) in [5, 5.41) is 2.88. The molecule has 0 aliphatic rings. The molecule has 5 heteroatoms. The number of rotatable bonds is 12. The fraction of sp³-hybridized carbons (Fsp3) is 0.929. The summed E-state index contributed by atoms with van der Waals surface area (Å²) in [6.07, 6.45) is 3.63. The van der Waals surface area contributed by atoms with Gasteiger partial charge in [-0.2, -0.15) is 0 Å². The van der Waals surface area contributed by atoms with Gasteiger partial charge < -0.3 is 20.7 Å². The Morgan fingerprint density at radius 3 is 2.63 bits per heavy atom. The third kappa shape index (κ3) is 12.1. The van der Waals surface area contributed by atoms with Crippen LogP contribution in [0.15, 0.2) is 0 Å². The van der Waals surface area contributed by atoms with Crippen LogP contribution in [0.2, 0.25) is 0 Å². The molecule has 0 rings (SSSR count). The number of likely N-dealkylation sites (N-methyl/N-ethyl adjacent to an activating group) is 1. The highest BCUT2D eigenvalue weighted by Gasteiger charge is 2.08. The first-order chi connectivity index (χ1) is 9.10. The van der Waals surface area contributed by atoms with Crippen molar-refractivity contribution < 1.29 is 9.53 Å². The molecule has 114 valence electrons. The van der Waals surface area contributed by atoms with Gasteiger partial charge in [0.2, 0.25) is 5.91 Å². The average molecular weight is 273 g/mol.